The van der Waals surface area contributed by atoms with Gasteiger partial charge in [0.05, 0.1) is 5.71 Å². The van der Waals surface area contributed by atoms with Crippen molar-refractivity contribution in [2.45, 2.75) is 18.9 Å². The van der Waals surface area contributed by atoms with E-state index < -0.39 is 6.10 Å². The zero-order chi connectivity index (χ0) is 11.8. The predicted octanol–water partition coefficient (Wildman–Crippen LogP) is 2.17. The van der Waals surface area contributed by atoms with Crippen molar-refractivity contribution in [2.75, 3.05) is 7.11 Å². The second kappa shape index (κ2) is 6.80. The molecule has 86 valence electrons. The highest BCUT2D eigenvalue weighted by Gasteiger charge is 2.09. The third kappa shape index (κ3) is 3.87. The van der Waals surface area contributed by atoms with Gasteiger partial charge in [0, 0.05) is 0 Å². The standard InChI is InChI=1S/C13H17NO2/c1-3-13(15)12(14-16-2)10-9-11-7-5-4-6-8-11/h3-8,13,15H,1,9-10H2,2H3/b14-12-. The minimum absolute atomic E-state index is 0.598. The first kappa shape index (κ1) is 12.5. The number of nitrogens with zero attached hydrogens (tertiary/aromatic N) is 1. The Kier molecular flexibility index (Phi) is 5.29. The summed E-state index contributed by atoms with van der Waals surface area (Å²) >= 11 is 0. The van der Waals surface area contributed by atoms with Crippen LogP contribution in [-0.2, 0) is 11.3 Å². The lowest BCUT2D eigenvalue weighted by molar-refractivity contribution is 0.202. The lowest BCUT2D eigenvalue weighted by Gasteiger charge is -2.08. The number of benzene rings is 1. The fourth-order valence-electron chi connectivity index (χ4n) is 1.42. The molecule has 0 aliphatic rings. The van der Waals surface area contributed by atoms with Gasteiger partial charge in [0.1, 0.15) is 13.2 Å². The molecule has 0 aromatic heterocycles. The van der Waals surface area contributed by atoms with Gasteiger partial charge in [-0.05, 0) is 18.4 Å². The van der Waals surface area contributed by atoms with E-state index in [1.807, 2.05) is 30.3 Å². The quantitative estimate of drug-likeness (QED) is 0.452. The van der Waals surface area contributed by atoms with Gasteiger partial charge in [-0.1, -0.05) is 41.6 Å². The van der Waals surface area contributed by atoms with E-state index in [9.17, 15) is 5.11 Å². The number of rotatable bonds is 6. The molecule has 1 aromatic carbocycles. The summed E-state index contributed by atoms with van der Waals surface area (Å²) in [6.45, 7) is 3.53. The first-order chi connectivity index (χ1) is 7.77. The molecule has 0 amide bonds. The third-order valence-corrected chi connectivity index (χ3v) is 2.29. The Labute approximate surface area is 96.1 Å². The molecule has 0 aliphatic heterocycles. The van der Waals surface area contributed by atoms with E-state index in [-0.39, 0.29) is 0 Å². The Balaban J connectivity index is 2.57. The fraction of sp³-hybridized carbons (Fsp3) is 0.308. The summed E-state index contributed by atoms with van der Waals surface area (Å²) in [6.07, 6.45) is 2.20. The summed E-state index contributed by atoms with van der Waals surface area (Å²) < 4.78 is 0. The van der Waals surface area contributed by atoms with Crippen LogP contribution < -0.4 is 0 Å². The van der Waals surface area contributed by atoms with E-state index in [1.54, 1.807) is 0 Å². The van der Waals surface area contributed by atoms with Crippen molar-refractivity contribution < 1.29 is 9.94 Å². The van der Waals surface area contributed by atoms with Crippen LogP contribution in [-0.4, -0.2) is 24.0 Å². The van der Waals surface area contributed by atoms with Gasteiger partial charge in [-0.15, -0.1) is 6.58 Å². The molecule has 0 heterocycles. The van der Waals surface area contributed by atoms with Crippen LogP contribution in [0.5, 0.6) is 0 Å². The van der Waals surface area contributed by atoms with Gasteiger partial charge in [-0.3, -0.25) is 0 Å². The highest BCUT2D eigenvalue weighted by atomic mass is 16.6. The number of aliphatic hydroxyl groups is 1. The lowest BCUT2D eigenvalue weighted by atomic mass is 10.0. The molecule has 0 bridgehead atoms. The summed E-state index contributed by atoms with van der Waals surface area (Å²) in [7, 11) is 1.47. The molecule has 0 fully saturated rings. The molecule has 0 aliphatic carbocycles. The molecular formula is C13H17NO2. The summed E-state index contributed by atoms with van der Waals surface area (Å²) in [5, 5.41) is 13.4. The topological polar surface area (TPSA) is 41.8 Å². The maximum absolute atomic E-state index is 9.60. The number of aryl methyl sites for hydroxylation is 1. The third-order valence-electron chi connectivity index (χ3n) is 2.29. The summed E-state index contributed by atoms with van der Waals surface area (Å²) in [5.41, 5.74) is 1.81. The van der Waals surface area contributed by atoms with Crippen molar-refractivity contribution >= 4 is 5.71 Å². The first-order valence-corrected chi connectivity index (χ1v) is 5.22. The molecular weight excluding hydrogens is 202 g/mol. The van der Waals surface area contributed by atoms with Crippen LogP contribution in [0.1, 0.15) is 12.0 Å². The molecule has 1 atom stereocenters. The van der Waals surface area contributed by atoms with Crippen molar-refractivity contribution in [3.8, 4) is 0 Å². The Morgan fingerprint density at radius 3 is 2.75 bits per heavy atom. The van der Waals surface area contributed by atoms with Gasteiger partial charge < -0.3 is 9.94 Å². The highest BCUT2D eigenvalue weighted by Crippen LogP contribution is 2.06. The molecule has 0 radical (unpaired) electrons. The maximum atomic E-state index is 9.60. The van der Waals surface area contributed by atoms with E-state index >= 15 is 0 Å². The van der Waals surface area contributed by atoms with Crippen molar-refractivity contribution in [3.63, 3.8) is 0 Å². The maximum Gasteiger partial charge on any atom is 0.113 e. The van der Waals surface area contributed by atoms with Gasteiger partial charge in [-0.2, -0.15) is 0 Å². The van der Waals surface area contributed by atoms with E-state index in [1.165, 1.54) is 18.7 Å². The van der Waals surface area contributed by atoms with E-state index in [0.29, 0.717) is 12.1 Å². The molecule has 1 rings (SSSR count). The normalized spacial score (nSPS) is 13.2. The average Bonchev–Trinajstić information content (AvgIpc) is 2.34. The smallest absolute Gasteiger partial charge is 0.113 e. The van der Waals surface area contributed by atoms with E-state index in [2.05, 4.69) is 11.7 Å². The predicted molar refractivity (Wildman–Crippen MR) is 65.4 cm³/mol. The van der Waals surface area contributed by atoms with E-state index in [4.69, 9.17) is 4.84 Å². The molecule has 1 unspecified atom stereocenters. The van der Waals surface area contributed by atoms with Crippen molar-refractivity contribution in [1.29, 1.82) is 0 Å². The monoisotopic (exact) mass is 219 g/mol. The Morgan fingerprint density at radius 1 is 1.50 bits per heavy atom. The van der Waals surface area contributed by atoms with Gasteiger partial charge in [0.2, 0.25) is 0 Å². The molecule has 16 heavy (non-hydrogen) atoms. The van der Waals surface area contributed by atoms with Crippen LogP contribution in [0.3, 0.4) is 0 Å². The van der Waals surface area contributed by atoms with Crippen LogP contribution >= 0.6 is 0 Å². The number of oxime groups is 1. The SMILES string of the molecule is C=CC(O)/C(CCc1ccccc1)=N\OC. The Morgan fingerprint density at radius 2 is 2.19 bits per heavy atom. The first-order valence-electron chi connectivity index (χ1n) is 5.22. The van der Waals surface area contributed by atoms with Crippen LogP contribution in [0.25, 0.3) is 0 Å². The van der Waals surface area contributed by atoms with Gasteiger partial charge in [0.15, 0.2) is 0 Å². The lowest BCUT2D eigenvalue weighted by Crippen LogP contribution is -2.18. The van der Waals surface area contributed by atoms with Crippen LogP contribution in [0.15, 0.2) is 48.1 Å². The van der Waals surface area contributed by atoms with Gasteiger partial charge >= 0.3 is 0 Å². The minimum atomic E-state index is -0.733. The molecule has 0 saturated carbocycles. The Bertz CT molecular complexity index is 346. The second-order valence-electron chi connectivity index (χ2n) is 3.43. The van der Waals surface area contributed by atoms with Crippen molar-refractivity contribution in [1.82, 2.24) is 0 Å². The fourth-order valence-corrected chi connectivity index (χ4v) is 1.42. The zero-order valence-corrected chi connectivity index (χ0v) is 9.47. The molecule has 1 aromatic rings. The second-order valence-corrected chi connectivity index (χ2v) is 3.43. The van der Waals surface area contributed by atoms with Crippen LogP contribution in [0.2, 0.25) is 0 Å². The molecule has 3 heteroatoms. The molecule has 0 saturated heterocycles. The number of hydrogen-bond acceptors (Lipinski definition) is 3. The molecule has 3 nitrogen and oxygen atoms in total. The summed E-state index contributed by atoms with van der Waals surface area (Å²) in [4.78, 5) is 4.70. The largest absolute Gasteiger partial charge is 0.399 e. The van der Waals surface area contributed by atoms with Gasteiger partial charge in [0.25, 0.3) is 0 Å². The van der Waals surface area contributed by atoms with Crippen molar-refractivity contribution in [2.24, 2.45) is 5.16 Å². The average molecular weight is 219 g/mol. The highest BCUT2D eigenvalue weighted by molar-refractivity contribution is 5.89. The van der Waals surface area contributed by atoms with E-state index in [0.717, 1.165) is 6.42 Å². The van der Waals surface area contributed by atoms with Crippen LogP contribution in [0.4, 0.5) is 0 Å². The number of aliphatic hydroxyl groups excluding tert-OH is 1. The zero-order valence-electron chi connectivity index (χ0n) is 9.47. The van der Waals surface area contributed by atoms with Crippen molar-refractivity contribution in [3.05, 3.63) is 48.6 Å². The molecule has 1 N–H and O–H groups in total. The Hall–Kier alpha value is -1.61. The minimum Gasteiger partial charge on any atom is -0.399 e. The number of hydrogen-bond donors (Lipinski definition) is 1. The summed E-state index contributed by atoms with van der Waals surface area (Å²) in [5.74, 6) is 0. The molecule has 0 spiro atoms. The van der Waals surface area contributed by atoms with Gasteiger partial charge in [-0.25, -0.2) is 0 Å². The van der Waals surface area contributed by atoms with Crippen LogP contribution in [0, 0.1) is 0 Å². The summed E-state index contributed by atoms with van der Waals surface area (Å²) in [6, 6.07) is 10.1.